The highest BCUT2D eigenvalue weighted by Crippen LogP contribution is 2.29. The van der Waals surface area contributed by atoms with E-state index in [9.17, 15) is 4.79 Å². The van der Waals surface area contributed by atoms with Gasteiger partial charge in [0.25, 0.3) is 0 Å². The van der Waals surface area contributed by atoms with Crippen molar-refractivity contribution in [1.29, 1.82) is 0 Å². The van der Waals surface area contributed by atoms with Gasteiger partial charge < -0.3 is 10.1 Å². The molecule has 1 amide bonds. The van der Waals surface area contributed by atoms with Crippen molar-refractivity contribution >= 4 is 22.4 Å². The van der Waals surface area contributed by atoms with Crippen molar-refractivity contribution in [3.63, 3.8) is 0 Å². The Morgan fingerprint density at radius 3 is 2.52 bits per heavy atom. The van der Waals surface area contributed by atoms with Gasteiger partial charge in [0, 0.05) is 23.7 Å². The average molecular weight is 360 g/mol. The molecule has 1 aliphatic rings. The summed E-state index contributed by atoms with van der Waals surface area (Å²) in [6, 6.07) is 22.7. The largest absolute Gasteiger partial charge is 0.497 e. The molecule has 0 radical (unpaired) electrons. The molecule has 3 aromatic carbocycles. The maximum Gasteiger partial charge on any atom is 0.238 e. The summed E-state index contributed by atoms with van der Waals surface area (Å²) in [4.78, 5) is 15.0. The summed E-state index contributed by atoms with van der Waals surface area (Å²) in [5, 5.41) is 5.30. The lowest BCUT2D eigenvalue weighted by molar-refractivity contribution is -0.117. The Hall–Kier alpha value is -2.85. The smallest absolute Gasteiger partial charge is 0.238 e. The number of fused-ring (bicyclic) bond motifs is 1. The van der Waals surface area contributed by atoms with Crippen LogP contribution in [0.4, 0.5) is 5.69 Å². The van der Waals surface area contributed by atoms with Crippen molar-refractivity contribution in [1.82, 2.24) is 4.90 Å². The second kappa shape index (κ2) is 7.80. The molecule has 0 bridgehead atoms. The predicted molar refractivity (Wildman–Crippen MR) is 109 cm³/mol. The van der Waals surface area contributed by atoms with Crippen LogP contribution in [-0.4, -0.2) is 30.5 Å². The maximum atomic E-state index is 12.7. The summed E-state index contributed by atoms with van der Waals surface area (Å²) in [5.41, 5.74) is 2.07. The Labute approximate surface area is 159 Å². The number of nitrogens with zero attached hydrogens (tertiary/aromatic N) is 1. The first-order valence-electron chi connectivity index (χ1n) is 9.37. The van der Waals surface area contributed by atoms with E-state index >= 15 is 0 Å². The molecule has 1 N–H and O–H groups in total. The number of hydrogen-bond acceptors (Lipinski definition) is 3. The molecule has 4 heteroatoms. The molecule has 3 aromatic rings. The summed E-state index contributed by atoms with van der Waals surface area (Å²) in [7, 11) is 1.67. The number of methoxy groups -OCH3 is 1. The van der Waals surface area contributed by atoms with E-state index in [0.717, 1.165) is 41.6 Å². The van der Waals surface area contributed by atoms with E-state index < -0.39 is 0 Å². The van der Waals surface area contributed by atoms with Gasteiger partial charge in [0.05, 0.1) is 13.7 Å². The number of nitrogens with one attached hydrogen (secondary N) is 1. The van der Waals surface area contributed by atoms with E-state index in [1.54, 1.807) is 7.11 Å². The lowest BCUT2D eigenvalue weighted by Gasteiger charge is -2.22. The number of amides is 1. The molecule has 0 spiro atoms. The molecule has 1 aliphatic carbocycles. The highest BCUT2D eigenvalue weighted by atomic mass is 16.5. The molecule has 0 atom stereocenters. The zero-order chi connectivity index (χ0) is 18.6. The number of carbonyl (C=O) groups is 1. The van der Waals surface area contributed by atoms with Gasteiger partial charge in [-0.25, -0.2) is 0 Å². The average Bonchev–Trinajstić information content (AvgIpc) is 3.54. The molecule has 0 aliphatic heterocycles. The topological polar surface area (TPSA) is 41.6 Å². The standard InChI is InChI=1S/C23H24N2O2/c1-27-20-13-9-17(10-14-20)15-25(19-11-12-19)16-23(26)24-22-8-4-6-18-5-2-3-7-21(18)22/h2-10,13-14,19H,11-12,15-16H2,1H3,(H,24,26). The van der Waals surface area contributed by atoms with Crippen LogP contribution < -0.4 is 10.1 Å². The van der Waals surface area contributed by atoms with Crippen LogP contribution in [0.5, 0.6) is 5.75 Å². The van der Waals surface area contributed by atoms with Gasteiger partial charge in [-0.1, -0.05) is 48.5 Å². The summed E-state index contributed by atoms with van der Waals surface area (Å²) >= 11 is 0. The first-order chi connectivity index (χ1) is 13.2. The zero-order valence-electron chi connectivity index (χ0n) is 15.5. The van der Waals surface area contributed by atoms with Crippen molar-refractivity contribution in [3.8, 4) is 5.75 Å². The Morgan fingerprint density at radius 2 is 1.78 bits per heavy atom. The number of carbonyl (C=O) groups excluding carboxylic acids is 1. The van der Waals surface area contributed by atoms with E-state index in [0.29, 0.717) is 12.6 Å². The van der Waals surface area contributed by atoms with Gasteiger partial charge in [0.1, 0.15) is 5.75 Å². The fourth-order valence-corrected chi connectivity index (χ4v) is 3.43. The van der Waals surface area contributed by atoms with Crippen LogP contribution >= 0.6 is 0 Å². The van der Waals surface area contributed by atoms with E-state index in [2.05, 4.69) is 34.5 Å². The van der Waals surface area contributed by atoms with Gasteiger partial charge in [-0.15, -0.1) is 0 Å². The third-order valence-corrected chi connectivity index (χ3v) is 5.02. The SMILES string of the molecule is COc1ccc(CN(CC(=O)Nc2cccc3ccccc23)C2CC2)cc1. The number of benzene rings is 3. The Balaban J connectivity index is 1.44. The van der Waals surface area contributed by atoms with Gasteiger partial charge in [-0.2, -0.15) is 0 Å². The van der Waals surface area contributed by atoms with Gasteiger partial charge in [-0.3, -0.25) is 9.69 Å². The van der Waals surface area contributed by atoms with Gasteiger partial charge in [0.15, 0.2) is 0 Å². The molecule has 0 saturated heterocycles. The summed E-state index contributed by atoms with van der Waals surface area (Å²) in [5.74, 6) is 0.886. The van der Waals surface area contributed by atoms with Gasteiger partial charge in [0.2, 0.25) is 5.91 Å². The van der Waals surface area contributed by atoms with Crippen molar-refractivity contribution in [3.05, 3.63) is 72.3 Å². The fourth-order valence-electron chi connectivity index (χ4n) is 3.43. The van der Waals surface area contributed by atoms with Crippen LogP contribution in [0, 0.1) is 0 Å². The fraction of sp³-hybridized carbons (Fsp3) is 0.261. The molecule has 27 heavy (non-hydrogen) atoms. The minimum Gasteiger partial charge on any atom is -0.497 e. The first-order valence-corrected chi connectivity index (χ1v) is 9.37. The van der Waals surface area contributed by atoms with Crippen LogP contribution in [0.1, 0.15) is 18.4 Å². The maximum absolute atomic E-state index is 12.7. The van der Waals surface area contributed by atoms with E-state index in [4.69, 9.17) is 4.74 Å². The second-order valence-electron chi connectivity index (χ2n) is 7.06. The van der Waals surface area contributed by atoms with Gasteiger partial charge in [-0.05, 0) is 42.0 Å². The molecular weight excluding hydrogens is 336 g/mol. The summed E-state index contributed by atoms with van der Waals surface area (Å²) in [6.07, 6.45) is 2.33. The first kappa shape index (κ1) is 17.6. The van der Waals surface area contributed by atoms with E-state index in [1.807, 2.05) is 42.5 Å². The monoisotopic (exact) mass is 360 g/mol. The third kappa shape index (κ3) is 4.29. The van der Waals surface area contributed by atoms with E-state index in [1.165, 1.54) is 5.56 Å². The molecule has 0 aromatic heterocycles. The Kier molecular flexibility index (Phi) is 5.07. The van der Waals surface area contributed by atoms with Crippen LogP contribution in [0.3, 0.4) is 0 Å². The molecule has 4 nitrogen and oxygen atoms in total. The number of anilines is 1. The number of rotatable bonds is 7. The van der Waals surface area contributed by atoms with Crippen LogP contribution in [0.15, 0.2) is 66.7 Å². The minimum atomic E-state index is 0.0340. The number of hydrogen-bond donors (Lipinski definition) is 1. The second-order valence-corrected chi connectivity index (χ2v) is 7.06. The summed E-state index contributed by atoms with van der Waals surface area (Å²) < 4.78 is 5.22. The lowest BCUT2D eigenvalue weighted by Crippen LogP contribution is -2.34. The lowest BCUT2D eigenvalue weighted by atomic mass is 10.1. The molecule has 1 saturated carbocycles. The molecule has 0 unspecified atom stereocenters. The Morgan fingerprint density at radius 1 is 1.04 bits per heavy atom. The highest BCUT2D eigenvalue weighted by Gasteiger charge is 2.30. The Bertz CT molecular complexity index is 927. The van der Waals surface area contributed by atoms with Crippen molar-refractivity contribution in [2.24, 2.45) is 0 Å². The van der Waals surface area contributed by atoms with Crippen molar-refractivity contribution in [2.45, 2.75) is 25.4 Å². The molecule has 0 heterocycles. The minimum absolute atomic E-state index is 0.0340. The number of ether oxygens (including phenoxy) is 1. The van der Waals surface area contributed by atoms with Crippen LogP contribution in [-0.2, 0) is 11.3 Å². The normalized spacial score (nSPS) is 13.7. The zero-order valence-corrected chi connectivity index (χ0v) is 15.5. The predicted octanol–water partition coefficient (Wildman–Crippen LogP) is 4.45. The third-order valence-electron chi connectivity index (χ3n) is 5.02. The van der Waals surface area contributed by atoms with Crippen LogP contribution in [0.2, 0.25) is 0 Å². The summed E-state index contributed by atoms with van der Waals surface area (Å²) in [6.45, 7) is 1.18. The molecule has 138 valence electrons. The molecule has 1 fully saturated rings. The van der Waals surface area contributed by atoms with Crippen LogP contribution in [0.25, 0.3) is 10.8 Å². The highest BCUT2D eigenvalue weighted by molar-refractivity contribution is 6.02. The van der Waals surface area contributed by atoms with E-state index in [-0.39, 0.29) is 5.91 Å². The quantitative estimate of drug-likeness (QED) is 0.677. The van der Waals surface area contributed by atoms with Crippen molar-refractivity contribution in [2.75, 3.05) is 19.0 Å². The van der Waals surface area contributed by atoms with Crippen molar-refractivity contribution < 1.29 is 9.53 Å². The molecular formula is C23H24N2O2. The van der Waals surface area contributed by atoms with Gasteiger partial charge >= 0.3 is 0 Å². The molecule has 4 rings (SSSR count).